The van der Waals surface area contributed by atoms with Gasteiger partial charge in [0, 0.05) is 9.50 Å². The van der Waals surface area contributed by atoms with Crippen LogP contribution in [-0.4, -0.2) is 6.54 Å². The summed E-state index contributed by atoms with van der Waals surface area (Å²) in [6.07, 6.45) is 4.95. The molecule has 100 valence electrons. The first kappa shape index (κ1) is 14.4. The van der Waals surface area contributed by atoms with Crippen LogP contribution in [0.4, 0.5) is 0 Å². The molecule has 1 nitrogen and oxygen atoms in total. The summed E-state index contributed by atoms with van der Waals surface area (Å²) in [6.45, 7) is 3.16. The Balaban J connectivity index is 2.10. The third kappa shape index (κ3) is 3.49. The van der Waals surface area contributed by atoms with E-state index in [-0.39, 0.29) is 0 Å². The molecule has 0 radical (unpaired) electrons. The molecule has 0 spiro atoms. The maximum absolute atomic E-state index is 6.31. The van der Waals surface area contributed by atoms with E-state index in [9.17, 15) is 0 Å². The SMILES string of the molecule is CC1CCC(CN)C(Cc2ccc(Br)cc2Cl)C1. The fourth-order valence-corrected chi connectivity index (χ4v) is 3.84. The van der Waals surface area contributed by atoms with Crippen molar-refractivity contribution in [3.63, 3.8) is 0 Å². The highest BCUT2D eigenvalue weighted by Gasteiger charge is 2.28. The second kappa shape index (κ2) is 6.40. The second-order valence-corrected chi connectivity index (χ2v) is 6.94. The number of hydrogen-bond acceptors (Lipinski definition) is 1. The monoisotopic (exact) mass is 329 g/mol. The Morgan fingerprint density at radius 3 is 2.78 bits per heavy atom. The van der Waals surface area contributed by atoms with E-state index in [0.717, 1.165) is 28.4 Å². The molecule has 0 saturated heterocycles. The number of benzene rings is 1. The lowest BCUT2D eigenvalue weighted by atomic mass is 9.72. The maximum atomic E-state index is 6.31. The molecule has 3 atom stereocenters. The largest absolute Gasteiger partial charge is 0.330 e. The Labute approximate surface area is 123 Å². The molecule has 0 amide bonds. The topological polar surface area (TPSA) is 26.0 Å². The van der Waals surface area contributed by atoms with E-state index >= 15 is 0 Å². The Morgan fingerprint density at radius 1 is 1.33 bits per heavy atom. The highest BCUT2D eigenvalue weighted by atomic mass is 79.9. The highest BCUT2D eigenvalue weighted by molar-refractivity contribution is 9.10. The zero-order chi connectivity index (χ0) is 13.1. The van der Waals surface area contributed by atoms with Crippen molar-refractivity contribution in [1.29, 1.82) is 0 Å². The van der Waals surface area contributed by atoms with Crippen LogP contribution >= 0.6 is 27.5 Å². The van der Waals surface area contributed by atoms with Crippen molar-refractivity contribution in [2.75, 3.05) is 6.54 Å². The van der Waals surface area contributed by atoms with Crippen molar-refractivity contribution in [2.24, 2.45) is 23.5 Å². The Kier molecular flexibility index (Phi) is 5.11. The first-order valence-electron chi connectivity index (χ1n) is 6.74. The molecule has 2 N–H and O–H groups in total. The van der Waals surface area contributed by atoms with Crippen LogP contribution in [0.25, 0.3) is 0 Å². The molecule has 0 aromatic heterocycles. The van der Waals surface area contributed by atoms with E-state index in [2.05, 4.69) is 35.0 Å². The molecule has 18 heavy (non-hydrogen) atoms. The predicted molar refractivity (Wildman–Crippen MR) is 81.9 cm³/mol. The first-order chi connectivity index (χ1) is 8.60. The highest BCUT2D eigenvalue weighted by Crippen LogP contribution is 2.36. The van der Waals surface area contributed by atoms with Gasteiger partial charge in [0.2, 0.25) is 0 Å². The van der Waals surface area contributed by atoms with Crippen LogP contribution in [-0.2, 0) is 6.42 Å². The minimum atomic E-state index is 0.668. The first-order valence-corrected chi connectivity index (χ1v) is 7.91. The van der Waals surface area contributed by atoms with Crippen molar-refractivity contribution in [3.8, 4) is 0 Å². The van der Waals surface area contributed by atoms with Gasteiger partial charge in [-0.1, -0.05) is 46.9 Å². The normalized spacial score (nSPS) is 28.3. The van der Waals surface area contributed by atoms with Crippen LogP contribution in [0.3, 0.4) is 0 Å². The molecule has 1 saturated carbocycles. The van der Waals surface area contributed by atoms with Crippen molar-refractivity contribution in [2.45, 2.75) is 32.6 Å². The fraction of sp³-hybridized carbons (Fsp3) is 0.600. The molecule has 0 bridgehead atoms. The Bertz CT molecular complexity index is 407. The Hall–Kier alpha value is -0.0500. The van der Waals surface area contributed by atoms with E-state index in [4.69, 9.17) is 17.3 Å². The quantitative estimate of drug-likeness (QED) is 0.857. The zero-order valence-electron chi connectivity index (χ0n) is 10.8. The minimum absolute atomic E-state index is 0.668. The molecule has 1 fully saturated rings. The summed E-state index contributed by atoms with van der Waals surface area (Å²) in [5, 5.41) is 0.873. The van der Waals surface area contributed by atoms with E-state index in [1.807, 2.05) is 6.07 Å². The lowest BCUT2D eigenvalue weighted by Crippen LogP contribution is -2.31. The summed E-state index contributed by atoms with van der Waals surface area (Å²) in [7, 11) is 0. The van der Waals surface area contributed by atoms with Crippen molar-refractivity contribution in [3.05, 3.63) is 33.3 Å². The predicted octanol–water partition coefficient (Wildman–Crippen LogP) is 4.66. The Morgan fingerprint density at radius 2 is 2.11 bits per heavy atom. The van der Waals surface area contributed by atoms with Crippen molar-refractivity contribution >= 4 is 27.5 Å². The molecule has 3 heteroatoms. The van der Waals surface area contributed by atoms with Crippen LogP contribution < -0.4 is 5.73 Å². The van der Waals surface area contributed by atoms with E-state index in [1.165, 1.54) is 24.8 Å². The average Bonchev–Trinajstić information content (AvgIpc) is 2.33. The second-order valence-electron chi connectivity index (χ2n) is 5.61. The minimum Gasteiger partial charge on any atom is -0.330 e. The molecule has 1 aliphatic carbocycles. The third-order valence-electron chi connectivity index (χ3n) is 4.20. The van der Waals surface area contributed by atoms with Gasteiger partial charge in [0.25, 0.3) is 0 Å². The van der Waals surface area contributed by atoms with Crippen LogP contribution in [0.2, 0.25) is 5.02 Å². The summed E-state index contributed by atoms with van der Waals surface area (Å²) in [6, 6.07) is 6.20. The molecule has 0 aliphatic heterocycles. The van der Waals surface area contributed by atoms with Gasteiger partial charge in [0.1, 0.15) is 0 Å². The number of halogens is 2. The lowest BCUT2D eigenvalue weighted by Gasteiger charge is -2.34. The third-order valence-corrected chi connectivity index (χ3v) is 5.05. The molecular weight excluding hydrogens is 310 g/mol. The van der Waals surface area contributed by atoms with Gasteiger partial charge in [-0.05, 0) is 61.3 Å². The van der Waals surface area contributed by atoms with Gasteiger partial charge in [-0.2, -0.15) is 0 Å². The fourth-order valence-electron chi connectivity index (χ4n) is 3.09. The zero-order valence-corrected chi connectivity index (χ0v) is 13.2. The van der Waals surface area contributed by atoms with Gasteiger partial charge in [-0.15, -0.1) is 0 Å². The van der Waals surface area contributed by atoms with Gasteiger partial charge in [-0.3, -0.25) is 0 Å². The van der Waals surface area contributed by atoms with Gasteiger partial charge in [0.05, 0.1) is 0 Å². The van der Waals surface area contributed by atoms with Crippen LogP contribution in [0.1, 0.15) is 31.7 Å². The molecule has 0 heterocycles. The summed E-state index contributed by atoms with van der Waals surface area (Å²) in [4.78, 5) is 0. The van der Waals surface area contributed by atoms with Crippen molar-refractivity contribution < 1.29 is 0 Å². The molecular formula is C15H21BrClN. The molecule has 1 aliphatic rings. The molecule has 1 aromatic carbocycles. The summed E-state index contributed by atoms with van der Waals surface area (Å²) in [5.74, 6) is 2.19. The van der Waals surface area contributed by atoms with Crippen molar-refractivity contribution in [1.82, 2.24) is 0 Å². The van der Waals surface area contributed by atoms with Crippen LogP contribution in [0.5, 0.6) is 0 Å². The molecule has 2 rings (SSSR count). The van der Waals surface area contributed by atoms with Gasteiger partial charge < -0.3 is 5.73 Å². The van der Waals surface area contributed by atoms with Gasteiger partial charge in [-0.25, -0.2) is 0 Å². The van der Waals surface area contributed by atoms with E-state index in [1.54, 1.807) is 0 Å². The molecule has 1 aromatic rings. The van der Waals surface area contributed by atoms with E-state index < -0.39 is 0 Å². The summed E-state index contributed by atoms with van der Waals surface area (Å²) < 4.78 is 1.05. The van der Waals surface area contributed by atoms with Gasteiger partial charge >= 0.3 is 0 Å². The van der Waals surface area contributed by atoms with Gasteiger partial charge in [0.15, 0.2) is 0 Å². The maximum Gasteiger partial charge on any atom is 0.0449 e. The smallest absolute Gasteiger partial charge is 0.0449 e. The van der Waals surface area contributed by atoms with Crippen LogP contribution in [0.15, 0.2) is 22.7 Å². The summed E-state index contributed by atoms with van der Waals surface area (Å²) in [5.41, 5.74) is 7.18. The lowest BCUT2D eigenvalue weighted by molar-refractivity contribution is 0.193. The average molecular weight is 331 g/mol. The van der Waals surface area contributed by atoms with E-state index in [0.29, 0.717) is 11.8 Å². The summed E-state index contributed by atoms with van der Waals surface area (Å²) >= 11 is 9.77. The number of nitrogens with two attached hydrogens (primary N) is 1. The number of hydrogen-bond donors (Lipinski definition) is 1. The standard InChI is InChI=1S/C15H21BrClN/c1-10-2-3-12(9-18)13(6-10)7-11-4-5-14(16)8-15(11)17/h4-5,8,10,12-13H,2-3,6-7,9,18H2,1H3. The molecule has 3 unspecified atom stereocenters. The van der Waals surface area contributed by atoms with Crippen LogP contribution in [0, 0.1) is 17.8 Å². The number of rotatable bonds is 3.